The van der Waals surface area contributed by atoms with Gasteiger partial charge in [-0.2, -0.15) is 5.10 Å². The number of nitrogens with one attached hydrogen (secondary N) is 1. The van der Waals surface area contributed by atoms with Gasteiger partial charge in [-0.05, 0) is 44.8 Å². The van der Waals surface area contributed by atoms with Crippen molar-refractivity contribution in [1.82, 2.24) is 24.9 Å². The van der Waals surface area contributed by atoms with E-state index in [0.717, 1.165) is 32.1 Å². The lowest BCUT2D eigenvalue weighted by Gasteiger charge is -2.22. The van der Waals surface area contributed by atoms with Crippen molar-refractivity contribution in [2.24, 2.45) is 18.0 Å². The van der Waals surface area contributed by atoms with Crippen LogP contribution in [0.3, 0.4) is 0 Å². The van der Waals surface area contributed by atoms with Gasteiger partial charge in [0.25, 0.3) is 0 Å². The van der Waals surface area contributed by atoms with Gasteiger partial charge in [-0.25, -0.2) is 0 Å². The molecule has 7 heteroatoms. The minimum Gasteiger partial charge on any atom is -0.357 e. The highest BCUT2D eigenvalue weighted by molar-refractivity contribution is 14.0. The van der Waals surface area contributed by atoms with Gasteiger partial charge in [0.2, 0.25) is 0 Å². The molecule has 0 bridgehead atoms. The Morgan fingerprint density at radius 3 is 2.75 bits per heavy atom. The van der Waals surface area contributed by atoms with Crippen molar-refractivity contribution in [1.29, 1.82) is 0 Å². The minimum absolute atomic E-state index is 0. The van der Waals surface area contributed by atoms with Gasteiger partial charge in [0.1, 0.15) is 0 Å². The van der Waals surface area contributed by atoms with E-state index in [0.29, 0.717) is 11.8 Å². The van der Waals surface area contributed by atoms with Crippen LogP contribution in [0.4, 0.5) is 0 Å². The topological polar surface area (TPSA) is 48.7 Å². The van der Waals surface area contributed by atoms with Crippen LogP contribution in [0.5, 0.6) is 0 Å². The maximum absolute atomic E-state index is 4.93. The van der Waals surface area contributed by atoms with Crippen LogP contribution in [-0.4, -0.2) is 71.9 Å². The maximum Gasteiger partial charge on any atom is 0.193 e. The quantitative estimate of drug-likeness (QED) is 0.435. The molecular weight excluding hydrogens is 415 g/mol. The van der Waals surface area contributed by atoms with Crippen molar-refractivity contribution < 1.29 is 0 Å². The molecular formula is C17H31IN6. The van der Waals surface area contributed by atoms with Gasteiger partial charge in [0, 0.05) is 51.9 Å². The highest BCUT2D eigenvalue weighted by Gasteiger charge is 2.27. The molecule has 0 aromatic carbocycles. The molecule has 2 aliphatic heterocycles. The molecule has 1 aromatic rings. The van der Waals surface area contributed by atoms with E-state index in [1.54, 1.807) is 0 Å². The summed E-state index contributed by atoms with van der Waals surface area (Å²) in [6.45, 7) is 8.54. The van der Waals surface area contributed by atoms with E-state index in [9.17, 15) is 0 Å². The van der Waals surface area contributed by atoms with E-state index in [1.807, 2.05) is 17.9 Å². The fraction of sp³-hybridized carbons (Fsp3) is 0.765. The third kappa shape index (κ3) is 4.84. The van der Waals surface area contributed by atoms with Crippen LogP contribution in [0, 0.1) is 5.92 Å². The second kappa shape index (κ2) is 9.03. The molecule has 0 radical (unpaired) electrons. The zero-order chi connectivity index (χ0) is 16.2. The molecule has 24 heavy (non-hydrogen) atoms. The Hall–Kier alpha value is -0.830. The molecule has 3 heterocycles. The van der Waals surface area contributed by atoms with Crippen LogP contribution in [-0.2, 0) is 7.05 Å². The lowest BCUT2D eigenvalue weighted by molar-refractivity contribution is 0.396. The van der Waals surface area contributed by atoms with E-state index >= 15 is 0 Å². The molecule has 2 saturated heterocycles. The van der Waals surface area contributed by atoms with Crippen molar-refractivity contribution in [3.05, 3.63) is 18.0 Å². The molecule has 2 unspecified atom stereocenters. The lowest BCUT2D eigenvalue weighted by Crippen LogP contribution is -2.40. The molecule has 0 saturated carbocycles. The molecule has 0 aliphatic carbocycles. The monoisotopic (exact) mass is 446 g/mol. The number of likely N-dealkylation sites (tertiary alicyclic amines) is 2. The van der Waals surface area contributed by atoms with Crippen LogP contribution in [0.25, 0.3) is 0 Å². The molecule has 3 rings (SSSR count). The molecule has 1 aromatic heterocycles. The Bertz CT molecular complexity index is 543. The van der Waals surface area contributed by atoms with Crippen LogP contribution in [0.15, 0.2) is 17.4 Å². The number of halogens is 1. The average Bonchev–Trinajstić information content (AvgIpc) is 3.24. The SMILES string of the molecule is CCNC(=NCC1CCN(C)C1)N1CCC(c2cnn(C)c2)C1.I. The summed E-state index contributed by atoms with van der Waals surface area (Å²) in [4.78, 5) is 9.75. The number of aryl methyl sites for hydroxylation is 1. The summed E-state index contributed by atoms with van der Waals surface area (Å²) in [5.74, 6) is 2.38. The van der Waals surface area contributed by atoms with Crippen LogP contribution in [0.1, 0.15) is 31.2 Å². The highest BCUT2D eigenvalue weighted by Crippen LogP contribution is 2.26. The zero-order valence-electron chi connectivity index (χ0n) is 15.1. The first-order valence-corrected chi connectivity index (χ1v) is 8.86. The number of aromatic nitrogens is 2. The van der Waals surface area contributed by atoms with Gasteiger partial charge in [-0.1, -0.05) is 0 Å². The number of aliphatic imine (C=N–C) groups is 1. The third-order valence-electron chi connectivity index (χ3n) is 5.01. The van der Waals surface area contributed by atoms with Gasteiger partial charge in [0.15, 0.2) is 5.96 Å². The molecule has 136 valence electrons. The minimum atomic E-state index is 0. The summed E-state index contributed by atoms with van der Waals surface area (Å²) in [6.07, 6.45) is 6.61. The molecule has 6 nitrogen and oxygen atoms in total. The maximum atomic E-state index is 4.93. The van der Waals surface area contributed by atoms with Gasteiger partial charge < -0.3 is 15.1 Å². The Balaban J connectivity index is 0.00000208. The summed E-state index contributed by atoms with van der Waals surface area (Å²) in [6, 6.07) is 0. The van der Waals surface area contributed by atoms with Gasteiger partial charge in [0.05, 0.1) is 6.20 Å². The van der Waals surface area contributed by atoms with Crippen molar-refractivity contribution in [2.45, 2.75) is 25.7 Å². The predicted octanol–water partition coefficient (Wildman–Crippen LogP) is 1.74. The van der Waals surface area contributed by atoms with Gasteiger partial charge in [-0.15, -0.1) is 24.0 Å². The van der Waals surface area contributed by atoms with Crippen LogP contribution in [0.2, 0.25) is 0 Å². The normalized spacial score (nSPS) is 25.1. The summed E-state index contributed by atoms with van der Waals surface area (Å²) in [7, 11) is 4.19. The predicted molar refractivity (Wildman–Crippen MR) is 109 cm³/mol. The number of rotatable bonds is 4. The molecule has 2 fully saturated rings. The Morgan fingerprint density at radius 1 is 1.29 bits per heavy atom. The zero-order valence-corrected chi connectivity index (χ0v) is 17.4. The molecule has 1 N–H and O–H groups in total. The third-order valence-corrected chi connectivity index (χ3v) is 5.01. The second-order valence-corrected chi connectivity index (χ2v) is 6.99. The van der Waals surface area contributed by atoms with E-state index in [4.69, 9.17) is 4.99 Å². The first kappa shape index (κ1) is 19.5. The van der Waals surface area contributed by atoms with Crippen LogP contribution >= 0.6 is 24.0 Å². The van der Waals surface area contributed by atoms with E-state index in [2.05, 4.69) is 40.4 Å². The van der Waals surface area contributed by atoms with Gasteiger partial charge in [-0.3, -0.25) is 9.67 Å². The van der Waals surface area contributed by atoms with Crippen molar-refractivity contribution >= 4 is 29.9 Å². The largest absolute Gasteiger partial charge is 0.357 e. The molecule has 2 aliphatic rings. The molecule has 2 atom stereocenters. The number of hydrogen-bond donors (Lipinski definition) is 1. The Morgan fingerprint density at radius 2 is 2.12 bits per heavy atom. The Labute approximate surface area is 162 Å². The molecule has 0 amide bonds. The number of hydrogen-bond acceptors (Lipinski definition) is 3. The Kier molecular flexibility index (Phi) is 7.34. The van der Waals surface area contributed by atoms with E-state index < -0.39 is 0 Å². The molecule has 0 spiro atoms. The summed E-state index contributed by atoms with van der Waals surface area (Å²) in [5.41, 5.74) is 1.35. The first-order chi connectivity index (χ1) is 11.2. The second-order valence-electron chi connectivity index (χ2n) is 6.99. The summed E-state index contributed by atoms with van der Waals surface area (Å²) >= 11 is 0. The average molecular weight is 446 g/mol. The van der Waals surface area contributed by atoms with E-state index in [1.165, 1.54) is 31.5 Å². The van der Waals surface area contributed by atoms with Gasteiger partial charge >= 0.3 is 0 Å². The standard InChI is InChI=1S/C17H30N6.HI/c1-4-18-17(19-9-14-5-7-21(2)11-14)23-8-6-15(13-23)16-10-20-22(3)12-16;/h10,12,14-15H,4-9,11,13H2,1-3H3,(H,18,19);1H. The van der Waals surface area contributed by atoms with E-state index in [-0.39, 0.29) is 24.0 Å². The smallest absolute Gasteiger partial charge is 0.193 e. The van der Waals surface area contributed by atoms with Crippen molar-refractivity contribution in [3.8, 4) is 0 Å². The lowest BCUT2D eigenvalue weighted by atomic mass is 10.0. The summed E-state index contributed by atoms with van der Waals surface area (Å²) < 4.78 is 1.90. The fourth-order valence-electron chi connectivity index (χ4n) is 3.69. The number of nitrogens with zero attached hydrogens (tertiary/aromatic N) is 5. The number of guanidine groups is 1. The van der Waals surface area contributed by atoms with Crippen molar-refractivity contribution in [2.75, 3.05) is 46.3 Å². The highest BCUT2D eigenvalue weighted by atomic mass is 127. The summed E-state index contributed by atoms with van der Waals surface area (Å²) in [5, 5.41) is 7.79. The van der Waals surface area contributed by atoms with Crippen LogP contribution < -0.4 is 5.32 Å². The first-order valence-electron chi connectivity index (χ1n) is 8.86. The van der Waals surface area contributed by atoms with Crippen molar-refractivity contribution in [3.63, 3.8) is 0 Å². The fourth-order valence-corrected chi connectivity index (χ4v) is 3.69.